The number of benzene rings is 1. The molecule has 0 saturated heterocycles. The van der Waals surface area contributed by atoms with Crippen LogP contribution in [0.1, 0.15) is 43.2 Å². The minimum Gasteiger partial charge on any atom is -0.398 e. The first kappa shape index (κ1) is 10.3. The van der Waals surface area contributed by atoms with Gasteiger partial charge in [0.25, 0.3) is 0 Å². The van der Waals surface area contributed by atoms with Crippen molar-refractivity contribution in [2.24, 2.45) is 0 Å². The van der Waals surface area contributed by atoms with Gasteiger partial charge < -0.3 is 5.73 Å². The van der Waals surface area contributed by atoms with Crippen LogP contribution in [0.4, 0.5) is 5.69 Å². The van der Waals surface area contributed by atoms with Crippen LogP contribution in [-0.2, 0) is 0 Å². The molecule has 1 nitrogen and oxygen atoms in total. The molecule has 15 heavy (non-hydrogen) atoms. The molecule has 1 fully saturated rings. The Kier molecular flexibility index (Phi) is 3.10. The van der Waals surface area contributed by atoms with Crippen molar-refractivity contribution in [3.8, 4) is 0 Å². The Bertz CT molecular complexity index is 369. The molecule has 0 amide bonds. The number of nitrogen functional groups attached to an aromatic ring is 1. The Morgan fingerprint density at radius 3 is 2.60 bits per heavy atom. The van der Waals surface area contributed by atoms with E-state index in [0.717, 1.165) is 5.69 Å². The molecule has 1 aliphatic carbocycles. The zero-order valence-corrected chi connectivity index (χ0v) is 9.42. The van der Waals surface area contributed by atoms with E-state index in [9.17, 15) is 0 Å². The van der Waals surface area contributed by atoms with Crippen molar-refractivity contribution in [3.63, 3.8) is 0 Å². The van der Waals surface area contributed by atoms with Crippen molar-refractivity contribution in [3.05, 3.63) is 34.9 Å². The lowest BCUT2D eigenvalue weighted by Gasteiger charge is -2.14. The van der Waals surface area contributed by atoms with Gasteiger partial charge in [-0.3, -0.25) is 0 Å². The lowest BCUT2D eigenvalue weighted by Crippen LogP contribution is -1.96. The van der Waals surface area contributed by atoms with Gasteiger partial charge >= 0.3 is 0 Å². The molecule has 0 unspecified atom stereocenters. The summed E-state index contributed by atoms with van der Waals surface area (Å²) in [7, 11) is 0. The lowest BCUT2D eigenvalue weighted by molar-refractivity contribution is 0.602. The summed E-state index contributed by atoms with van der Waals surface area (Å²) < 4.78 is 0. The van der Waals surface area contributed by atoms with E-state index in [1.165, 1.54) is 43.2 Å². The third kappa shape index (κ3) is 2.41. The quantitative estimate of drug-likeness (QED) is 0.685. The van der Waals surface area contributed by atoms with Gasteiger partial charge in [0.15, 0.2) is 0 Å². The number of hydrogen-bond donors (Lipinski definition) is 1. The maximum Gasteiger partial charge on any atom is 0.0417 e. The van der Waals surface area contributed by atoms with Crippen molar-refractivity contribution >= 4 is 11.8 Å². The molecule has 0 atom stereocenters. The van der Waals surface area contributed by atoms with E-state index in [2.05, 4.69) is 31.2 Å². The predicted octanol–water partition coefficient (Wildman–Crippen LogP) is 3.92. The van der Waals surface area contributed by atoms with Gasteiger partial charge in [0.05, 0.1) is 0 Å². The highest BCUT2D eigenvalue weighted by Crippen LogP contribution is 2.27. The molecule has 0 heterocycles. The highest BCUT2D eigenvalue weighted by molar-refractivity contribution is 5.68. The van der Waals surface area contributed by atoms with Crippen LogP contribution in [0.25, 0.3) is 6.08 Å². The number of allylic oxidation sites excluding steroid dienone is 1. The second kappa shape index (κ2) is 4.52. The van der Waals surface area contributed by atoms with Crippen LogP contribution >= 0.6 is 0 Å². The zero-order valence-electron chi connectivity index (χ0n) is 9.42. The molecule has 1 heteroatoms. The minimum absolute atomic E-state index is 0.940. The maximum atomic E-state index is 6.06. The molecule has 80 valence electrons. The van der Waals surface area contributed by atoms with Crippen LogP contribution in [0.5, 0.6) is 0 Å². The van der Waals surface area contributed by atoms with Crippen LogP contribution in [0.3, 0.4) is 0 Å². The Morgan fingerprint density at radius 1 is 1.13 bits per heavy atom. The second-order valence-corrected chi connectivity index (χ2v) is 4.44. The van der Waals surface area contributed by atoms with E-state index in [4.69, 9.17) is 5.73 Å². The Labute approximate surface area is 92.0 Å². The molecular weight excluding hydrogens is 182 g/mol. The molecule has 1 aromatic carbocycles. The van der Waals surface area contributed by atoms with Crippen molar-refractivity contribution in [1.82, 2.24) is 0 Å². The van der Waals surface area contributed by atoms with Crippen LogP contribution in [0.15, 0.2) is 23.8 Å². The summed E-state index contributed by atoms with van der Waals surface area (Å²) in [6.45, 7) is 2.07. The first-order valence-corrected chi connectivity index (χ1v) is 5.82. The molecule has 0 aliphatic heterocycles. The van der Waals surface area contributed by atoms with Gasteiger partial charge in [-0.05, 0) is 43.7 Å². The molecule has 0 radical (unpaired) electrons. The number of para-hydroxylation sites is 1. The smallest absolute Gasteiger partial charge is 0.0417 e. The molecule has 1 aliphatic rings. The van der Waals surface area contributed by atoms with E-state index in [1.54, 1.807) is 5.57 Å². The first-order valence-electron chi connectivity index (χ1n) is 5.82. The third-order valence-electron chi connectivity index (χ3n) is 3.21. The predicted molar refractivity (Wildman–Crippen MR) is 66.7 cm³/mol. The van der Waals surface area contributed by atoms with Gasteiger partial charge in [0, 0.05) is 5.69 Å². The number of aryl methyl sites for hydroxylation is 1. The molecule has 1 aromatic rings. The van der Waals surface area contributed by atoms with E-state index in [0.29, 0.717) is 0 Å². The van der Waals surface area contributed by atoms with Crippen LogP contribution in [0, 0.1) is 6.92 Å². The number of hydrogen-bond acceptors (Lipinski definition) is 1. The first-order chi connectivity index (χ1) is 7.27. The van der Waals surface area contributed by atoms with E-state index in [1.807, 2.05) is 0 Å². The fraction of sp³-hybridized carbons (Fsp3) is 0.429. The van der Waals surface area contributed by atoms with Crippen molar-refractivity contribution in [1.29, 1.82) is 0 Å². The summed E-state index contributed by atoms with van der Waals surface area (Å²) in [5, 5.41) is 0. The fourth-order valence-electron chi connectivity index (χ4n) is 2.20. The summed E-state index contributed by atoms with van der Waals surface area (Å²) in [4.78, 5) is 0. The highest BCUT2D eigenvalue weighted by Gasteiger charge is 2.06. The minimum atomic E-state index is 0.940. The molecule has 0 spiro atoms. The SMILES string of the molecule is Cc1cccc(C=C2CCCCC2)c1N. The van der Waals surface area contributed by atoms with Crippen LogP contribution in [0.2, 0.25) is 0 Å². The molecule has 2 N–H and O–H groups in total. The summed E-state index contributed by atoms with van der Waals surface area (Å²) in [5.74, 6) is 0. The number of rotatable bonds is 1. The second-order valence-electron chi connectivity index (χ2n) is 4.44. The van der Waals surface area contributed by atoms with Crippen molar-refractivity contribution < 1.29 is 0 Å². The summed E-state index contributed by atoms with van der Waals surface area (Å²) in [5.41, 5.74) is 10.9. The topological polar surface area (TPSA) is 26.0 Å². The Hall–Kier alpha value is -1.24. The van der Waals surface area contributed by atoms with Gasteiger partial charge in [-0.1, -0.05) is 36.3 Å². The molecule has 2 rings (SSSR count). The van der Waals surface area contributed by atoms with E-state index >= 15 is 0 Å². The summed E-state index contributed by atoms with van der Waals surface area (Å²) in [6, 6.07) is 6.27. The van der Waals surface area contributed by atoms with Crippen LogP contribution in [-0.4, -0.2) is 0 Å². The monoisotopic (exact) mass is 201 g/mol. The summed E-state index contributed by atoms with van der Waals surface area (Å²) in [6.07, 6.45) is 8.89. The molecule has 0 aromatic heterocycles. The van der Waals surface area contributed by atoms with E-state index < -0.39 is 0 Å². The standard InChI is InChI=1S/C14H19N/c1-11-6-5-9-13(14(11)15)10-12-7-3-2-4-8-12/h5-6,9-10H,2-4,7-8,15H2,1H3. The van der Waals surface area contributed by atoms with Crippen molar-refractivity contribution in [2.75, 3.05) is 5.73 Å². The largest absolute Gasteiger partial charge is 0.398 e. The van der Waals surface area contributed by atoms with Gasteiger partial charge in [-0.15, -0.1) is 0 Å². The zero-order chi connectivity index (χ0) is 10.7. The third-order valence-corrected chi connectivity index (χ3v) is 3.21. The molecule has 1 saturated carbocycles. The Morgan fingerprint density at radius 2 is 1.87 bits per heavy atom. The molecular formula is C14H19N. The highest BCUT2D eigenvalue weighted by atomic mass is 14.6. The van der Waals surface area contributed by atoms with Gasteiger partial charge in [0.1, 0.15) is 0 Å². The number of nitrogens with two attached hydrogens (primary N) is 1. The molecule has 0 bridgehead atoms. The normalized spacial score (nSPS) is 16.5. The average molecular weight is 201 g/mol. The van der Waals surface area contributed by atoms with E-state index in [-0.39, 0.29) is 0 Å². The Balaban J connectivity index is 2.25. The fourth-order valence-corrected chi connectivity index (χ4v) is 2.20. The van der Waals surface area contributed by atoms with Crippen LogP contribution < -0.4 is 5.73 Å². The lowest BCUT2D eigenvalue weighted by atomic mass is 9.93. The van der Waals surface area contributed by atoms with Crippen molar-refractivity contribution in [2.45, 2.75) is 39.0 Å². The van der Waals surface area contributed by atoms with Gasteiger partial charge in [-0.25, -0.2) is 0 Å². The summed E-state index contributed by atoms with van der Waals surface area (Å²) >= 11 is 0. The number of anilines is 1. The maximum absolute atomic E-state index is 6.06. The van der Waals surface area contributed by atoms with Gasteiger partial charge in [0.2, 0.25) is 0 Å². The average Bonchev–Trinajstić information content (AvgIpc) is 2.26. The van der Waals surface area contributed by atoms with Gasteiger partial charge in [-0.2, -0.15) is 0 Å².